The summed E-state index contributed by atoms with van der Waals surface area (Å²) in [4.78, 5) is 12.9. The summed E-state index contributed by atoms with van der Waals surface area (Å²) in [7, 11) is 0. The molecule has 0 atom stereocenters. The summed E-state index contributed by atoms with van der Waals surface area (Å²) in [5.41, 5.74) is 1.50. The van der Waals surface area contributed by atoms with Crippen molar-refractivity contribution in [1.82, 2.24) is 4.90 Å². The van der Waals surface area contributed by atoms with Gasteiger partial charge in [0.15, 0.2) is 0 Å². The van der Waals surface area contributed by atoms with Gasteiger partial charge in [-0.1, -0.05) is 26.0 Å². The topological polar surface area (TPSA) is 40.5 Å². The molecule has 16 heavy (non-hydrogen) atoms. The predicted octanol–water partition coefficient (Wildman–Crippen LogP) is 2.80. The zero-order valence-corrected chi connectivity index (χ0v) is 11.4. The largest absolute Gasteiger partial charge is 0.478 e. The third kappa shape index (κ3) is 4.33. The molecule has 0 saturated heterocycles. The molecule has 1 N–H and O–H groups in total. The van der Waals surface area contributed by atoms with Gasteiger partial charge in [-0.3, -0.25) is 4.90 Å². The van der Waals surface area contributed by atoms with Crippen LogP contribution in [0.4, 0.5) is 0 Å². The Bertz CT molecular complexity index is 320. The van der Waals surface area contributed by atoms with Crippen LogP contribution in [0.15, 0.2) is 24.3 Å². The molecule has 1 aromatic carbocycles. The second-order valence-electron chi connectivity index (χ2n) is 3.46. The lowest BCUT2D eigenvalue weighted by atomic mass is 10.1. The molecular weight excluding hydrogens is 270 g/mol. The Morgan fingerprint density at radius 3 is 2.06 bits per heavy atom. The molecule has 0 spiro atoms. The number of carboxylic acids is 1. The normalized spacial score (nSPS) is 9.94. The Balaban J connectivity index is 0.00000225. The minimum Gasteiger partial charge on any atom is -0.478 e. The SMILES string of the molecule is Br.CCN(CC)Cc1ccc(C(=O)O)cc1. The molecule has 4 heteroatoms. The monoisotopic (exact) mass is 287 g/mol. The maximum Gasteiger partial charge on any atom is 0.335 e. The fourth-order valence-electron chi connectivity index (χ4n) is 1.46. The van der Waals surface area contributed by atoms with E-state index in [4.69, 9.17) is 5.11 Å². The van der Waals surface area contributed by atoms with Crippen LogP contribution in [0.2, 0.25) is 0 Å². The fourth-order valence-corrected chi connectivity index (χ4v) is 1.46. The highest BCUT2D eigenvalue weighted by Gasteiger charge is 2.03. The van der Waals surface area contributed by atoms with Gasteiger partial charge in [0, 0.05) is 6.54 Å². The number of hydrogen-bond donors (Lipinski definition) is 1. The van der Waals surface area contributed by atoms with Crippen LogP contribution in [0.25, 0.3) is 0 Å². The van der Waals surface area contributed by atoms with Crippen molar-refractivity contribution in [2.45, 2.75) is 20.4 Å². The lowest BCUT2D eigenvalue weighted by molar-refractivity contribution is 0.0697. The molecule has 90 valence electrons. The average molecular weight is 288 g/mol. The second kappa shape index (κ2) is 7.41. The number of rotatable bonds is 5. The molecule has 0 bridgehead atoms. The van der Waals surface area contributed by atoms with E-state index in [1.54, 1.807) is 12.1 Å². The number of hydrogen-bond acceptors (Lipinski definition) is 2. The Morgan fingerprint density at radius 2 is 1.69 bits per heavy atom. The van der Waals surface area contributed by atoms with Crippen LogP contribution in [0.1, 0.15) is 29.8 Å². The lowest BCUT2D eigenvalue weighted by Gasteiger charge is -2.17. The second-order valence-corrected chi connectivity index (χ2v) is 3.46. The van der Waals surface area contributed by atoms with Gasteiger partial charge < -0.3 is 5.11 Å². The van der Waals surface area contributed by atoms with E-state index >= 15 is 0 Å². The summed E-state index contributed by atoms with van der Waals surface area (Å²) in [6.07, 6.45) is 0. The van der Waals surface area contributed by atoms with Gasteiger partial charge in [0.1, 0.15) is 0 Å². The highest BCUT2D eigenvalue weighted by molar-refractivity contribution is 8.93. The first-order valence-corrected chi connectivity index (χ1v) is 5.22. The molecule has 0 unspecified atom stereocenters. The summed E-state index contributed by atoms with van der Waals surface area (Å²) in [6, 6.07) is 7.06. The van der Waals surface area contributed by atoms with E-state index in [0.29, 0.717) is 5.56 Å². The van der Waals surface area contributed by atoms with Crippen molar-refractivity contribution < 1.29 is 9.90 Å². The molecule has 0 saturated carbocycles. The predicted molar refractivity (Wildman–Crippen MR) is 70.3 cm³/mol. The van der Waals surface area contributed by atoms with Crippen LogP contribution in [0.5, 0.6) is 0 Å². The van der Waals surface area contributed by atoms with Gasteiger partial charge in [-0.25, -0.2) is 4.79 Å². The van der Waals surface area contributed by atoms with Crippen molar-refractivity contribution in [2.75, 3.05) is 13.1 Å². The molecule has 0 heterocycles. The van der Waals surface area contributed by atoms with E-state index in [2.05, 4.69) is 18.7 Å². The first kappa shape index (κ1) is 15.1. The summed E-state index contributed by atoms with van der Waals surface area (Å²) < 4.78 is 0. The lowest BCUT2D eigenvalue weighted by Crippen LogP contribution is -2.22. The van der Waals surface area contributed by atoms with Gasteiger partial charge >= 0.3 is 5.97 Å². The summed E-state index contributed by atoms with van der Waals surface area (Å²) in [5.74, 6) is -0.871. The first-order valence-electron chi connectivity index (χ1n) is 5.22. The molecule has 0 aromatic heterocycles. The third-order valence-electron chi connectivity index (χ3n) is 2.50. The van der Waals surface area contributed by atoms with Gasteiger partial charge in [-0.15, -0.1) is 17.0 Å². The van der Waals surface area contributed by atoms with Gasteiger partial charge in [-0.2, -0.15) is 0 Å². The zero-order chi connectivity index (χ0) is 11.3. The number of carbonyl (C=O) groups is 1. The number of carboxylic acid groups (broad SMARTS) is 1. The molecule has 1 aromatic rings. The van der Waals surface area contributed by atoms with Gasteiger partial charge in [0.25, 0.3) is 0 Å². The maximum absolute atomic E-state index is 10.6. The smallest absolute Gasteiger partial charge is 0.335 e. The van der Waals surface area contributed by atoms with E-state index in [0.717, 1.165) is 25.2 Å². The summed E-state index contributed by atoms with van der Waals surface area (Å²) in [5, 5.41) is 8.74. The van der Waals surface area contributed by atoms with Crippen LogP contribution in [0.3, 0.4) is 0 Å². The molecule has 0 fully saturated rings. The summed E-state index contributed by atoms with van der Waals surface area (Å²) >= 11 is 0. The van der Waals surface area contributed by atoms with E-state index in [1.165, 1.54) is 0 Å². The molecule has 0 aliphatic heterocycles. The van der Waals surface area contributed by atoms with E-state index < -0.39 is 5.97 Å². The first-order chi connectivity index (χ1) is 7.17. The molecule has 0 aliphatic carbocycles. The molecular formula is C12H18BrNO2. The minimum atomic E-state index is -0.871. The third-order valence-corrected chi connectivity index (χ3v) is 2.50. The average Bonchev–Trinajstić information content (AvgIpc) is 2.26. The number of halogens is 1. The highest BCUT2D eigenvalue weighted by atomic mass is 79.9. The molecule has 0 aliphatic rings. The van der Waals surface area contributed by atoms with Crippen molar-refractivity contribution in [2.24, 2.45) is 0 Å². The Kier molecular flexibility index (Phi) is 7.01. The summed E-state index contributed by atoms with van der Waals surface area (Å²) in [6.45, 7) is 7.14. The minimum absolute atomic E-state index is 0. The van der Waals surface area contributed by atoms with Crippen LogP contribution in [-0.2, 0) is 6.54 Å². The highest BCUT2D eigenvalue weighted by Crippen LogP contribution is 2.07. The number of aromatic carboxylic acids is 1. The molecule has 0 radical (unpaired) electrons. The Hall–Kier alpha value is -0.870. The van der Waals surface area contributed by atoms with Gasteiger partial charge in [-0.05, 0) is 30.8 Å². The van der Waals surface area contributed by atoms with Gasteiger partial charge in [0.05, 0.1) is 5.56 Å². The fraction of sp³-hybridized carbons (Fsp3) is 0.417. The van der Waals surface area contributed by atoms with Crippen molar-refractivity contribution in [3.05, 3.63) is 35.4 Å². The molecule has 3 nitrogen and oxygen atoms in total. The maximum atomic E-state index is 10.6. The van der Waals surface area contributed by atoms with Crippen molar-refractivity contribution in [1.29, 1.82) is 0 Å². The Labute approximate surface area is 107 Å². The van der Waals surface area contributed by atoms with Crippen molar-refractivity contribution in [3.63, 3.8) is 0 Å². The van der Waals surface area contributed by atoms with Gasteiger partial charge in [0.2, 0.25) is 0 Å². The number of nitrogens with zero attached hydrogens (tertiary/aromatic N) is 1. The van der Waals surface area contributed by atoms with Crippen molar-refractivity contribution in [3.8, 4) is 0 Å². The molecule has 1 rings (SSSR count). The van der Waals surface area contributed by atoms with E-state index in [1.807, 2.05) is 12.1 Å². The van der Waals surface area contributed by atoms with Crippen LogP contribution < -0.4 is 0 Å². The zero-order valence-electron chi connectivity index (χ0n) is 9.64. The Morgan fingerprint density at radius 1 is 1.19 bits per heavy atom. The van der Waals surface area contributed by atoms with Crippen LogP contribution >= 0.6 is 17.0 Å². The number of benzene rings is 1. The van der Waals surface area contributed by atoms with Crippen molar-refractivity contribution >= 4 is 23.0 Å². The van der Waals surface area contributed by atoms with Crippen LogP contribution in [-0.4, -0.2) is 29.1 Å². The van der Waals surface area contributed by atoms with Crippen LogP contribution in [0, 0.1) is 0 Å². The quantitative estimate of drug-likeness (QED) is 0.905. The molecule has 0 amide bonds. The van der Waals surface area contributed by atoms with E-state index in [9.17, 15) is 4.79 Å². The van der Waals surface area contributed by atoms with E-state index in [-0.39, 0.29) is 17.0 Å². The standard InChI is InChI=1S/C12H17NO2.BrH/c1-3-13(4-2)9-10-5-7-11(8-6-10)12(14)15;/h5-8H,3-4,9H2,1-2H3,(H,14,15);1H.